The molecule has 3 heterocycles. The quantitative estimate of drug-likeness (QED) is 0.163. The van der Waals surface area contributed by atoms with E-state index in [0.717, 1.165) is 50.0 Å². The second kappa shape index (κ2) is 13.6. The van der Waals surface area contributed by atoms with Crippen molar-refractivity contribution < 1.29 is 0 Å². The molecule has 13 aromatic rings. The third-order valence-corrected chi connectivity index (χ3v) is 12.5. The number of hydrogen-bond donors (Lipinski definition) is 0. The van der Waals surface area contributed by atoms with Gasteiger partial charge in [-0.15, -0.1) is 0 Å². The average Bonchev–Trinajstić information content (AvgIpc) is 3.85. The molecule has 13 rings (SSSR count). The Hall–Kier alpha value is -8.41. The van der Waals surface area contributed by atoms with E-state index in [0.29, 0.717) is 17.5 Å². The summed E-state index contributed by atoms with van der Waals surface area (Å²) in [5, 5.41) is 12.0. The Morgan fingerprint density at radius 1 is 0.258 bits per heavy atom. The molecule has 0 saturated carbocycles. The van der Waals surface area contributed by atoms with Crippen LogP contribution >= 0.6 is 0 Å². The van der Waals surface area contributed by atoms with Gasteiger partial charge in [0.25, 0.3) is 0 Å². The fraction of sp³-hybridized carbons (Fsp3) is 0. The molecule has 0 fully saturated rings. The van der Waals surface area contributed by atoms with Crippen molar-refractivity contribution in [3.05, 3.63) is 212 Å². The third-order valence-electron chi connectivity index (χ3n) is 12.5. The molecule has 0 atom stereocenters. The molecule has 3 aromatic heterocycles. The van der Waals surface area contributed by atoms with Crippen molar-refractivity contribution in [3.8, 4) is 45.5 Å². The molecular weight excluding hydrogens is 755 g/mol. The van der Waals surface area contributed by atoms with Crippen molar-refractivity contribution in [2.75, 3.05) is 0 Å². The van der Waals surface area contributed by atoms with E-state index in [1.54, 1.807) is 0 Å². The number of fused-ring (bicyclic) bond motifs is 12. The van der Waals surface area contributed by atoms with Gasteiger partial charge in [-0.1, -0.05) is 164 Å². The molecule has 0 aliphatic rings. The van der Waals surface area contributed by atoms with Crippen LogP contribution in [-0.2, 0) is 0 Å². The standard InChI is InChI=1S/C57H35N5/c1-4-18-36(19-5-1)55-58-56(37-20-6-2-7-21-37)60-57(59-55)38-32-48-42-26-11-10-24-40(42)41-25-12-13-29-45(41)54(48)53(33-38)62-50-31-17-15-28-44(50)47-34-46-43-27-14-16-30-49(43)61(51(46)35-52(47)62)39-22-8-3-9-23-39/h1-35H. The Morgan fingerprint density at radius 3 is 1.26 bits per heavy atom. The minimum atomic E-state index is 0.616. The lowest BCUT2D eigenvalue weighted by Crippen LogP contribution is -2.02. The van der Waals surface area contributed by atoms with Crippen LogP contribution in [-0.4, -0.2) is 24.1 Å². The lowest BCUT2D eigenvalue weighted by molar-refractivity contribution is 1.07. The van der Waals surface area contributed by atoms with Gasteiger partial charge < -0.3 is 9.13 Å². The van der Waals surface area contributed by atoms with Crippen LogP contribution in [0, 0.1) is 0 Å². The maximum atomic E-state index is 5.27. The van der Waals surface area contributed by atoms with Crippen LogP contribution in [0.1, 0.15) is 0 Å². The third kappa shape index (κ3) is 5.18. The first-order valence-electron chi connectivity index (χ1n) is 21.0. The highest BCUT2D eigenvalue weighted by Gasteiger charge is 2.23. The van der Waals surface area contributed by atoms with Gasteiger partial charge >= 0.3 is 0 Å². The van der Waals surface area contributed by atoms with Crippen LogP contribution in [0.5, 0.6) is 0 Å². The Morgan fingerprint density at radius 2 is 0.677 bits per heavy atom. The summed E-state index contributed by atoms with van der Waals surface area (Å²) < 4.78 is 4.89. The average molecular weight is 790 g/mol. The first kappa shape index (κ1) is 34.5. The molecule has 0 amide bonds. The fourth-order valence-electron chi connectivity index (χ4n) is 9.80. The maximum absolute atomic E-state index is 5.27. The number of para-hydroxylation sites is 3. The second-order valence-electron chi connectivity index (χ2n) is 16.0. The number of rotatable bonds is 5. The summed E-state index contributed by atoms with van der Waals surface area (Å²) in [4.78, 5) is 15.6. The Labute approximate surface area is 356 Å². The van der Waals surface area contributed by atoms with Gasteiger partial charge in [0.05, 0.1) is 27.8 Å². The minimum absolute atomic E-state index is 0.616. The molecule has 0 unspecified atom stereocenters. The highest BCUT2D eigenvalue weighted by molar-refractivity contribution is 6.29. The summed E-state index contributed by atoms with van der Waals surface area (Å²) in [5.74, 6) is 1.88. The van der Waals surface area contributed by atoms with Gasteiger partial charge in [-0.05, 0) is 75.5 Å². The molecule has 288 valence electrons. The molecule has 0 bridgehead atoms. The zero-order valence-electron chi connectivity index (χ0n) is 33.4. The summed E-state index contributed by atoms with van der Waals surface area (Å²) >= 11 is 0. The zero-order valence-corrected chi connectivity index (χ0v) is 33.4. The molecular formula is C57H35N5. The lowest BCUT2D eigenvalue weighted by atomic mass is 9.91. The van der Waals surface area contributed by atoms with Crippen molar-refractivity contribution in [2.45, 2.75) is 0 Å². The van der Waals surface area contributed by atoms with Crippen molar-refractivity contribution in [3.63, 3.8) is 0 Å². The van der Waals surface area contributed by atoms with Crippen LogP contribution in [0.25, 0.3) is 121 Å². The van der Waals surface area contributed by atoms with Crippen LogP contribution < -0.4 is 0 Å². The number of aromatic nitrogens is 5. The van der Waals surface area contributed by atoms with E-state index in [2.05, 4.69) is 185 Å². The molecule has 0 saturated heterocycles. The van der Waals surface area contributed by atoms with E-state index < -0.39 is 0 Å². The number of hydrogen-bond acceptors (Lipinski definition) is 3. The second-order valence-corrected chi connectivity index (χ2v) is 16.0. The van der Waals surface area contributed by atoms with Crippen LogP contribution in [0.3, 0.4) is 0 Å². The highest BCUT2D eigenvalue weighted by atomic mass is 15.0. The molecule has 0 aliphatic heterocycles. The largest absolute Gasteiger partial charge is 0.309 e. The topological polar surface area (TPSA) is 48.5 Å². The normalized spacial score (nSPS) is 11.9. The van der Waals surface area contributed by atoms with Gasteiger partial charge in [0.15, 0.2) is 17.5 Å². The van der Waals surface area contributed by atoms with E-state index in [1.807, 2.05) is 36.4 Å². The molecule has 62 heavy (non-hydrogen) atoms. The van der Waals surface area contributed by atoms with Gasteiger partial charge in [0, 0.05) is 49.3 Å². The first-order valence-corrected chi connectivity index (χ1v) is 21.0. The van der Waals surface area contributed by atoms with Crippen LogP contribution in [0.4, 0.5) is 0 Å². The molecule has 0 radical (unpaired) electrons. The molecule has 10 aromatic carbocycles. The van der Waals surface area contributed by atoms with Gasteiger partial charge in [0.1, 0.15) is 0 Å². The number of benzene rings is 10. The lowest BCUT2D eigenvalue weighted by Gasteiger charge is -2.18. The zero-order chi connectivity index (χ0) is 40.7. The fourth-order valence-corrected chi connectivity index (χ4v) is 9.80. The monoisotopic (exact) mass is 789 g/mol. The van der Waals surface area contributed by atoms with Crippen LogP contribution in [0.15, 0.2) is 212 Å². The Balaban J connectivity index is 1.20. The van der Waals surface area contributed by atoms with Crippen LogP contribution in [0.2, 0.25) is 0 Å². The predicted molar refractivity (Wildman–Crippen MR) is 257 cm³/mol. The first-order chi connectivity index (χ1) is 30.8. The highest BCUT2D eigenvalue weighted by Crippen LogP contribution is 2.45. The SMILES string of the molecule is c1ccc(-c2nc(-c3ccccc3)nc(-c3cc(-n4c5ccccc5c5cc6c7ccccc7n(-c7ccccc7)c6cc54)c4c5ccccc5c5ccccc5c4c3)n2)cc1. The summed E-state index contributed by atoms with van der Waals surface area (Å²) in [6, 6.07) is 75.8. The maximum Gasteiger partial charge on any atom is 0.164 e. The van der Waals surface area contributed by atoms with E-state index >= 15 is 0 Å². The Kier molecular flexibility index (Phi) is 7.54. The summed E-state index contributed by atoms with van der Waals surface area (Å²) in [7, 11) is 0. The number of nitrogens with zero attached hydrogens (tertiary/aromatic N) is 5. The van der Waals surface area contributed by atoms with E-state index in [-0.39, 0.29) is 0 Å². The Bertz CT molecular complexity index is 3850. The van der Waals surface area contributed by atoms with Crippen molar-refractivity contribution in [1.29, 1.82) is 0 Å². The van der Waals surface area contributed by atoms with E-state index in [9.17, 15) is 0 Å². The van der Waals surface area contributed by atoms with Gasteiger partial charge in [-0.2, -0.15) is 0 Å². The minimum Gasteiger partial charge on any atom is -0.309 e. The molecule has 5 heteroatoms. The smallest absolute Gasteiger partial charge is 0.164 e. The van der Waals surface area contributed by atoms with Gasteiger partial charge in [-0.25, -0.2) is 15.0 Å². The summed E-state index contributed by atoms with van der Waals surface area (Å²) in [5.41, 5.74) is 9.57. The molecule has 0 N–H and O–H groups in total. The van der Waals surface area contributed by atoms with Crippen molar-refractivity contribution in [1.82, 2.24) is 24.1 Å². The molecule has 0 spiro atoms. The van der Waals surface area contributed by atoms with Gasteiger partial charge in [0.2, 0.25) is 0 Å². The van der Waals surface area contributed by atoms with Crippen molar-refractivity contribution >= 4 is 75.9 Å². The van der Waals surface area contributed by atoms with Gasteiger partial charge in [-0.3, -0.25) is 0 Å². The summed E-state index contributed by atoms with van der Waals surface area (Å²) in [6.45, 7) is 0. The van der Waals surface area contributed by atoms with Crippen molar-refractivity contribution in [2.24, 2.45) is 0 Å². The predicted octanol–water partition coefficient (Wildman–Crippen LogP) is 14.5. The van der Waals surface area contributed by atoms with E-state index in [4.69, 9.17) is 15.0 Å². The summed E-state index contributed by atoms with van der Waals surface area (Å²) in [6.07, 6.45) is 0. The molecule has 5 nitrogen and oxygen atoms in total. The molecule has 0 aliphatic carbocycles. The van der Waals surface area contributed by atoms with E-state index in [1.165, 1.54) is 54.0 Å².